The van der Waals surface area contributed by atoms with E-state index in [1.54, 1.807) is 0 Å². The average Bonchev–Trinajstić information content (AvgIpc) is 2.25. The van der Waals surface area contributed by atoms with Gasteiger partial charge in [0.25, 0.3) is 0 Å². The first kappa shape index (κ1) is 15.2. The number of nitrogens with one attached hydrogen (secondary N) is 1. The molecule has 1 rings (SSSR count). The molecule has 2 atom stereocenters. The van der Waals surface area contributed by atoms with Crippen LogP contribution in [0.2, 0.25) is 0 Å². The first-order chi connectivity index (χ1) is 8.16. The van der Waals surface area contributed by atoms with E-state index in [4.69, 9.17) is 10.5 Å². The molecule has 0 aliphatic carbocycles. The van der Waals surface area contributed by atoms with Gasteiger partial charge in [-0.2, -0.15) is 13.2 Å². The number of amides is 1. The number of carbonyl (C=O) groups excluding carboxylic acids is 1. The van der Waals surface area contributed by atoms with Crippen LogP contribution >= 0.6 is 0 Å². The minimum absolute atomic E-state index is 0.122. The third-order valence-corrected chi connectivity index (χ3v) is 3.25. The molecule has 0 bridgehead atoms. The number of rotatable bonds is 4. The molecule has 2 unspecified atom stereocenters. The molecule has 4 nitrogen and oxygen atoms in total. The van der Waals surface area contributed by atoms with Crippen molar-refractivity contribution in [3.8, 4) is 0 Å². The van der Waals surface area contributed by atoms with Crippen LogP contribution in [0.1, 0.15) is 26.7 Å². The Balaban J connectivity index is 2.77. The lowest BCUT2D eigenvalue weighted by Gasteiger charge is -2.40. The van der Waals surface area contributed by atoms with Gasteiger partial charge < -0.3 is 10.5 Å². The van der Waals surface area contributed by atoms with Crippen molar-refractivity contribution in [3.05, 3.63) is 0 Å². The van der Waals surface area contributed by atoms with Crippen molar-refractivity contribution in [1.82, 2.24) is 5.32 Å². The lowest BCUT2D eigenvalue weighted by Crippen LogP contribution is -2.62. The zero-order valence-corrected chi connectivity index (χ0v) is 10.5. The van der Waals surface area contributed by atoms with Crippen molar-refractivity contribution in [2.45, 2.75) is 44.5 Å². The van der Waals surface area contributed by atoms with Crippen molar-refractivity contribution in [2.24, 2.45) is 11.7 Å². The van der Waals surface area contributed by atoms with E-state index in [9.17, 15) is 18.0 Å². The van der Waals surface area contributed by atoms with Crippen molar-refractivity contribution in [3.63, 3.8) is 0 Å². The van der Waals surface area contributed by atoms with Crippen LogP contribution in [0.3, 0.4) is 0 Å². The summed E-state index contributed by atoms with van der Waals surface area (Å²) in [5.74, 6) is -0.627. The van der Waals surface area contributed by atoms with Crippen molar-refractivity contribution < 1.29 is 22.7 Å². The fourth-order valence-electron chi connectivity index (χ4n) is 2.06. The molecule has 106 valence electrons. The first-order valence-electron chi connectivity index (χ1n) is 5.89. The molecule has 1 heterocycles. The molecule has 7 heteroatoms. The molecule has 1 aliphatic rings. The van der Waals surface area contributed by atoms with E-state index in [1.807, 2.05) is 13.8 Å². The molecule has 1 amide bonds. The van der Waals surface area contributed by atoms with Gasteiger partial charge in [0, 0.05) is 13.0 Å². The van der Waals surface area contributed by atoms with Crippen molar-refractivity contribution in [1.29, 1.82) is 0 Å². The molecule has 0 spiro atoms. The number of primary amides is 1. The van der Waals surface area contributed by atoms with Gasteiger partial charge in [-0.05, 0) is 12.3 Å². The highest BCUT2D eigenvalue weighted by Crippen LogP contribution is 2.29. The number of nitrogens with two attached hydrogens (primary N) is 1. The third kappa shape index (κ3) is 3.84. The first-order valence-corrected chi connectivity index (χ1v) is 5.89. The Labute approximate surface area is 104 Å². The van der Waals surface area contributed by atoms with E-state index in [1.165, 1.54) is 0 Å². The zero-order chi connectivity index (χ0) is 14.0. The summed E-state index contributed by atoms with van der Waals surface area (Å²) in [4.78, 5) is 11.5. The van der Waals surface area contributed by atoms with Gasteiger partial charge in [-0.3, -0.25) is 10.1 Å². The summed E-state index contributed by atoms with van der Waals surface area (Å²) in [5.41, 5.74) is 3.95. The van der Waals surface area contributed by atoms with Crippen LogP contribution in [0.15, 0.2) is 0 Å². The summed E-state index contributed by atoms with van der Waals surface area (Å²) >= 11 is 0. The maximum absolute atomic E-state index is 12.3. The second-order valence-corrected chi connectivity index (χ2v) is 5.02. The van der Waals surface area contributed by atoms with E-state index >= 15 is 0 Å². The van der Waals surface area contributed by atoms with Gasteiger partial charge >= 0.3 is 6.18 Å². The van der Waals surface area contributed by atoms with Gasteiger partial charge in [-0.15, -0.1) is 0 Å². The molecule has 3 N–H and O–H groups in total. The van der Waals surface area contributed by atoms with Crippen LogP contribution in [-0.4, -0.2) is 36.9 Å². The molecular weight excluding hydrogens is 249 g/mol. The van der Waals surface area contributed by atoms with Crippen LogP contribution < -0.4 is 11.1 Å². The molecule has 18 heavy (non-hydrogen) atoms. The molecule has 1 fully saturated rings. The topological polar surface area (TPSA) is 64.3 Å². The molecule has 0 aromatic heterocycles. The van der Waals surface area contributed by atoms with Crippen molar-refractivity contribution in [2.75, 3.05) is 13.2 Å². The summed E-state index contributed by atoms with van der Waals surface area (Å²) < 4.78 is 42.2. The number of ether oxygens (including phenoxy) is 1. The summed E-state index contributed by atoms with van der Waals surface area (Å²) in [6.45, 7) is 2.80. The maximum Gasteiger partial charge on any atom is 0.401 e. The van der Waals surface area contributed by atoms with Crippen LogP contribution in [0, 0.1) is 5.92 Å². The fraction of sp³-hybridized carbons (Fsp3) is 0.909. The highest BCUT2D eigenvalue weighted by Gasteiger charge is 2.44. The van der Waals surface area contributed by atoms with Crippen LogP contribution in [0.5, 0.6) is 0 Å². The SMILES string of the molecule is CC(C)C1CC(NCC(F)(F)F)(C(N)=O)CCO1. The van der Waals surface area contributed by atoms with Crippen molar-refractivity contribution >= 4 is 5.91 Å². The highest BCUT2D eigenvalue weighted by atomic mass is 19.4. The van der Waals surface area contributed by atoms with E-state index in [0.717, 1.165) is 0 Å². The summed E-state index contributed by atoms with van der Waals surface area (Å²) in [6, 6.07) is 0. The second-order valence-electron chi connectivity index (χ2n) is 5.02. The normalized spacial score (nSPS) is 29.6. The van der Waals surface area contributed by atoms with E-state index in [0.29, 0.717) is 0 Å². The van der Waals surface area contributed by atoms with Gasteiger partial charge in [0.2, 0.25) is 5.91 Å². The van der Waals surface area contributed by atoms with Gasteiger partial charge in [0.15, 0.2) is 0 Å². The number of halogens is 3. The lowest BCUT2D eigenvalue weighted by molar-refractivity contribution is -0.145. The van der Waals surface area contributed by atoms with E-state index < -0.39 is 24.2 Å². The summed E-state index contributed by atoms with van der Waals surface area (Å²) in [7, 11) is 0. The van der Waals surface area contributed by atoms with E-state index in [-0.39, 0.29) is 31.5 Å². The quantitative estimate of drug-likeness (QED) is 0.805. The van der Waals surface area contributed by atoms with Gasteiger partial charge in [0.1, 0.15) is 5.54 Å². The van der Waals surface area contributed by atoms with Gasteiger partial charge in [-0.25, -0.2) is 0 Å². The minimum Gasteiger partial charge on any atom is -0.378 e. The Bertz CT molecular complexity index is 307. The number of hydrogen-bond donors (Lipinski definition) is 2. The molecular formula is C11H19F3N2O2. The Kier molecular flexibility index (Phi) is 4.61. The van der Waals surface area contributed by atoms with Gasteiger partial charge in [-0.1, -0.05) is 13.8 Å². The molecule has 0 aromatic rings. The molecule has 1 saturated heterocycles. The molecule has 1 aliphatic heterocycles. The largest absolute Gasteiger partial charge is 0.401 e. The minimum atomic E-state index is -4.37. The lowest BCUT2D eigenvalue weighted by atomic mass is 9.82. The standard InChI is InChI=1S/C11H19F3N2O2/c1-7(2)8-5-10(9(15)17,3-4-18-8)16-6-11(12,13)14/h7-8,16H,3-6H2,1-2H3,(H2,15,17). The fourth-order valence-corrected chi connectivity index (χ4v) is 2.06. The third-order valence-electron chi connectivity index (χ3n) is 3.25. The molecule has 0 aromatic carbocycles. The predicted octanol–water partition coefficient (Wildman–Crippen LogP) is 1.20. The predicted molar refractivity (Wildman–Crippen MR) is 59.8 cm³/mol. The Morgan fingerprint density at radius 3 is 2.61 bits per heavy atom. The smallest absolute Gasteiger partial charge is 0.378 e. The number of carbonyl (C=O) groups is 1. The summed E-state index contributed by atoms with van der Waals surface area (Å²) in [5, 5.41) is 2.28. The van der Waals surface area contributed by atoms with Crippen LogP contribution in [0.25, 0.3) is 0 Å². The Morgan fingerprint density at radius 1 is 1.56 bits per heavy atom. The van der Waals surface area contributed by atoms with E-state index in [2.05, 4.69) is 5.32 Å². The monoisotopic (exact) mass is 268 g/mol. The number of hydrogen-bond acceptors (Lipinski definition) is 3. The van der Waals surface area contributed by atoms with Gasteiger partial charge in [0.05, 0.1) is 12.6 Å². The maximum atomic E-state index is 12.3. The summed E-state index contributed by atoms with van der Waals surface area (Å²) in [6.07, 6.45) is -4.28. The Hall–Kier alpha value is -0.820. The number of alkyl halides is 3. The van der Waals surface area contributed by atoms with Crippen LogP contribution in [-0.2, 0) is 9.53 Å². The molecule has 0 saturated carbocycles. The highest BCUT2D eigenvalue weighted by molar-refractivity contribution is 5.84. The average molecular weight is 268 g/mol. The van der Waals surface area contributed by atoms with Crippen LogP contribution in [0.4, 0.5) is 13.2 Å². The second kappa shape index (κ2) is 5.44. The molecule has 0 radical (unpaired) electrons. The Morgan fingerprint density at radius 2 is 2.17 bits per heavy atom. The zero-order valence-electron chi connectivity index (χ0n) is 10.5.